The van der Waals surface area contributed by atoms with Crippen LogP contribution >= 0.6 is 24.8 Å². The second-order valence-corrected chi connectivity index (χ2v) is 8.98. The third kappa shape index (κ3) is 4.63. The lowest BCUT2D eigenvalue weighted by Gasteiger charge is -2.30. The minimum atomic E-state index is -0.825. The summed E-state index contributed by atoms with van der Waals surface area (Å²) in [5.41, 5.74) is 1.96. The third-order valence-corrected chi connectivity index (χ3v) is 6.61. The van der Waals surface area contributed by atoms with E-state index in [9.17, 15) is 4.39 Å². The molecule has 0 saturated carbocycles. The van der Waals surface area contributed by atoms with Gasteiger partial charge in [-0.25, -0.2) is 13.8 Å². The van der Waals surface area contributed by atoms with Crippen LogP contribution in [0.3, 0.4) is 0 Å². The van der Waals surface area contributed by atoms with Gasteiger partial charge in [0.05, 0.1) is 5.54 Å². The molecule has 2 unspecified atom stereocenters. The fourth-order valence-corrected chi connectivity index (χ4v) is 5.07. The minimum Gasteiger partial charge on any atom is -0.461 e. The van der Waals surface area contributed by atoms with Gasteiger partial charge in [0, 0.05) is 36.3 Å². The van der Waals surface area contributed by atoms with E-state index in [-0.39, 0.29) is 53.5 Å². The molecule has 178 valence electrons. The molecule has 4 heterocycles. The molecule has 33 heavy (non-hydrogen) atoms. The number of hydrogen-bond acceptors (Lipinski definition) is 5. The molecule has 2 fully saturated rings. The van der Waals surface area contributed by atoms with Gasteiger partial charge in [0.15, 0.2) is 5.82 Å². The van der Waals surface area contributed by atoms with Crippen LogP contribution in [-0.2, 0) is 0 Å². The summed E-state index contributed by atoms with van der Waals surface area (Å²) in [6.07, 6.45) is 4.70. The zero-order chi connectivity index (χ0) is 21.6. The lowest BCUT2D eigenvalue weighted by Crippen LogP contribution is -2.43. The molecule has 2 saturated heterocycles. The second kappa shape index (κ2) is 10.0. The highest BCUT2D eigenvalue weighted by Gasteiger charge is 2.49. The molecule has 9 heteroatoms. The van der Waals surface area contributed by atoms with E-state index in [0.717, 1.165) is 30.5 Å². The van der Waals surface area contributed by atoms with Gasteiger partial charge in [-0.2, -0.15) is 4.98 Å². The van der Waals surface area contributed by atoms with Gasteiger partial charge in [0.2, 0.25) is 0 Å². The molecule has 0 aliphatic carbocycles. The van der Waals surface area contributed by atoms with Gasteiger partial charge in [0.1, 0.15) is 24.0 Å². The van der Waals surface area contributed by atoms with Gasteiger partial charge in [-0.05, 0) is 30.9 Å². The number of pyridine rings is 1. The topological polar surface area (TPSA) is 51.1 Å². The number of alkyl halides is 1. The number of nitrogens with zero attached hydrogens (tertiary/aromatic N) is 4. The van der Waals surface area contributed by atoms with Gasteiger partial charge >= 0.3 is 6.01 Å². The molecule has 0 radical (unpaired) electrons. The Bertz CT molecular complexity index is 1130. The molecule has 0 amide bonds. The summed E-state index contributed by atoms with van der Waals surface area (Å²) in [7, 11) is 0. The number of aromatic nitrogens is 3. The van der Waals surface area contributed by atoms with Crippen molar-refractivity contribution in [3.8, 4) is 17.3 Å². The number of benzene rings is 1. The molecule has 0 spiro atoms. The van der Waals surface area contributed by atoms with Crippen molar-refractivity contribution in [3.63, 3.8) is 0 Å². The summed E-state index contributed by atoms with van der Waals surface area (Å²) in [5, 5.41) is 0.515. The largest absolute Gasteiger partial charge is 0.461 e. The van der Waals surface area contributed by atoms with E-state index in [1.807, 2.05) is 24.3 Å². The first-order chi connectivity index (χ1) is 15.0. The van der Waals surface area contributed by atoms with Crippen molar-refractivity contribution in [1.82, 2.24) is 19.9 Å². The quantitative estimate of drug-likeness (QED) is 0.449. The van der Waals surface area contributed by atoms with Crippen LogP contribution < -0.4 is 4.74 Å². The van der Waals surface area contributed by atoms with Crippen molar-refractivity contribution >= 4 is 35.7 Å². The van der Waals surface area contributed by atoms with Crippen molar-refractivity contribution in [3.05, 3.63) is 48.0 Å². The van der Waals surface area contributed by atoms with Crippen LogP contribution in [0.25, 0.3) is 22.2 Å². The highest BCUT2D eigenvalue weighted by molar-refractivity contribution is 5.85. The second-order valence-electron chi connectivity index (χ2n) is 8.98. The smallest absolute Gasteiger partial charge is 0.317 e. The summed E-state index contributed by atoms with van der Waals surface area (Å²) in [4.78, 5) is 15.1. The lowest BCUT2D eigenvalue weighted by molar-refractivity contribution is 0.107. The predicted molar refractivity (Wildman–Crippen MR) is 130 cm³/mol. The Kier molecular flexibility index (Phi) is 7.76. The van der Waals surface area contributed by atoms with Gasteiger partial charge in [-0.1, -0.05) is 38.1 Å². The Labute approximate surface area is 204 Å². The number of halogens is 4. The fourth-order valence-electron chi connectivity index (χ4n) is 5.07. The Morgan fingerprint density at radius 1 is 1.18 bits per heavy atom. The molecule has 2 aromatic heterocycles. The molecule has 2 aliphatic heterocycles. The van der Waals surface area contributed by atoms with E-state index >= 15 is 4.39 Å². The zero-order valence-electron chi connectivity index (χ0n) is 18.6. The van der Waals surface area contributed by atoms with Gasteiger partial charge < -0.3 is 4.74 Å². The standard InChI is InChI=1S/C24H26F2N4O.2ClH/c1-15(2)18-6-3-4-7-19(18)22-20(26)21-16(11-27-22)12-28-23(29-21)31-14-24-8-5-9-30(24)13-17(25)10-24;;/h3-4,6-7,11-12,15,17H,5,8-10,13-14H2,1-2H3;2*1H. The van der Waals surface area contributed by atoms with E-state index < -0.39 is 12.0 Å². The molecule has 5 nitrogen and oxygen atoms in total. The zero-order valence-corrected chi connectivity index (χ0v) is 20.3. The monoisotopic (exact) mass is 496 g/mol. The van der Waals surface area contributed by atoms with Crippen LogP contribution in [0.5, 0.6) is 6.01 Å². The average Bonchev–Trinajstić information content (AvgIpc) is 3.28. The van der Waals surface area contributed by atoms with E-state index in [4.69, 9.17) is 4.74 Å². The van der Waals surface area contributed by atoms with Crippen LogP contribution in [0.1, 0.15) is 44.6 Å². The molecule has 2 atom stereocenters. The fraction of sp³-hybridized carbons (Fsp3) is 0.458. The maximum atomic E-state index is 15.5. The summed E-state index contributed by atoms with van der Waals surface area (Å²) < 4.78 is 35.4. The summed E-state index contributed by atoms with van der Waals surface area (Å²) in [6, 6.07) is 7.82. The summed E-state index contributed by atoms with van der Waals surface area (Å²) in [5.74, 6) is -0.250. The molecule has 0 bridgehead atoms. The van der Waals surface area contributed by atoms with Crippen molar-refractivity contribution < 1.29 is 13.5 Å². The Hall–Kier alpha value is -2.09. The summed E-state index contributed by atoms with van der Waals surface area (Å²) in [6.45, 7) is 5.81. The maximum Gasteiger partial charge on any atom is 0.317 e. The minimum absolute atomic E-state index is 0. The van der Waals surface area contributed by atoms with Crippen molar-refractivity contribution in [2.45, 2.75) is 50.7 Å². The van der Waals surface area contributed by atoms with E-state index in [1.54, 1.807) is 6.20 Å². The molecular formula is C24H28Cl2F2N4O. The first-order valence-corrected chi connectivity index (χ1v) is 10.9. The van der Waals surface area contributed by atoms with Crippen LogP contribution in [-0.4, -0.2) is 51.3 Å². The Balaban J connectivity index is 0.00000153. The van der Waals surface area contributed by atoms with E-state index in [0.29, 0.717) is 25.0 Å². The molecule has 5 rings (SSSR count). The Morgan fingerprint density at radius 2 is 1.94 bits per heavy atom. The van der Waals surface area contributed by atoms with Crippen molar-refractivity contribution in [1.29, 1.82) is 0 Å². The number of ether oxygens (including phenoxy) is 1. The lowest BCUT2D eigenvalue weighted by atomic mass is 9.94. The molecule has 2 aliphatic rings. The molecular weight excluding hydrogens is 469 g/mol. The van der Waals surface area contributed by atoms with E-state index in [1.165, 1.54) is 6.20 Å². The molecule has 3 aromatic rings. The van der Waals surface area contributed by atoms with E-state index in [2.05, 4.69) is 33.7 Å². The Morgan fingerprint density at radius 3 is 2.73 bits per heavy atom. The SMILES string of the molecule is CC(C)c1ccccc1-c1ncc2cnc(OCC34CCCN3CC(F)C4)nc2c1F.Cl.Cl. The van der Waals surface area contributed by atoms with Gasteiger partial charge in [-0.3, -0.25) is 9.88 Å². The summed E-state index contributed by atoms with van der Waals surface area (Å²) >= 11 is 0. The van der Waals surface area contributed by atoms with Crippen LogP contribution in [0.15, 0.2) is 36.7 Å². The van der Waals surface area contributed by atoms with Crippen LogP contribution in [0.4, 0.5) is 8.78 Å². The van der Waals surface area contributed by atoms with Gasteiger partial charge in [0.25, 0.3) is 0 Å². The number of fused-ring (bicyclic) bond motifs is 2. The first-order valence-electron chi connectivity index (χ1n) is 10.9. The molecule has 0 N–H and O–H groups in total. The third-order valence-electron chi connectivity index (χ3n) is 6.61. The van der Waals surface area contributed by atoms with Gasteiger partial charge in [-0.15, -0.1) is 24.8 Å². The average molecular weight is 497 g/mol. The van der Waals surface area contributed by atoms with Crippen molar-refractivity contribution in [2.75, 3.05) is 19.7 Å². The number of rotatable bonds is 5. The predicted octanol–water partition coefficient (Wildman–Crippen LogP) is 5.75. The van der Waals surface area contributed by atoms with Crippen molar-refractivity contribution in [2.24, 2.45) is 0 Å². The highest BCUT2D eigenvalue weighted by atomic mass is 35.5. The van der Waals surface area contributed by atoms with Crippen LogP contribution in [0, 0.1) is 5.82 Å². The first kappa shape index (κ1) is 25.5. The van der Waals surface area contributed by atoms with Crippen LogP contribution in [0.2, 0.25) is 0 Å². The normalized spacial score (nSPS) is 22.2. The highest BCUT2D eigenvalue weighted by Crippen LogP contribution is 2.40. The maximum absolute atomic E-state index is 15.5. The molecule has 1 aromatic carbocycles. The number of hydrogen-bond donors (Lipinski definition) is 0.